The first-order valence-electron chi connectivity index (χ1n) is 9.04. The number of rotatable bonds is 6. The van der Waals surface area contributed by atoms with Crippen LogP contribution in [-0.4, -0.2) is 41.8 Å². The molecule has 3 heteroatoms. The van der Waals surface area contributed by atoms with Crippen LogP contribution in [0.5, 0.6) is 0 Å². The molecular weight excluding hydrogens is 260 g/mol. The third-order valence-corrected chi connectivity index (χ3v) is 5.59. The number of nitrogens with zero attached hydrogens (tertiary/aromatic N) is 1. The maximum Gasteiger partial charge on any atom is 0.0710 e. The van der Waals surface area contributed by atoms with Crippen molar-refractivity contribution in [2.45, 2.75) is 89.9 Å². The molecule has 1 aliphatic heterocycles. The summed E-state index contributed by atoms with van der Waals surface area (Å²) in [5.74, 6) is 0.808. The van der Waals surface area contributed by atoms with Crippen molar-refractivity contribution in [3.63, 3.8) is 0 Å². The zero-order chi connectivity index (χ0) is 15.5. The Balaban J connectivity index is 2.06. The first-order valence-corrected chi connectivity index (χ1v) is 9.04. The smallest absolute Gasteiger partial charge is 0.0710 e. The minimum atomic E-state index is 0.0677. The van der Waals surface area contributed by atoms with Crippen LogP contribution in [0, 0.1) is 5.92 Å². The molecule has 1 heterocycles. The molecule has 0 aromatic carbocycles. The van der Waals surface area contributed by atoms with E-state index in [9.17, 15) is 0 Å². The van der Waals surface area contributed by atoms with E-state index < -0.39 is 0 Å². The molecule has 21 heavy (non-hydrogen) atoms. The van der Waals surface area contributed by atoms with E-state index >= 15 is 0 Å². The third-order valence-electron chi connectivity index (χ3n) is 5.59. The monoisotopic (exact) mass is 296 g/mol. The Labute approximate surface area is 131 Å². The highest BCUT2D eigenvalue weighted by Gasteiger charge is 2.41. The average molecular weight is 296 g/mol. The summed E-state index contributed by atoms with van der Waals surface area (Å²) in [5, 5.41) is 0. The van der Waals surface area contributed by atoms with Crippen LogP contribution >= 0.6 is 0 Å². The van der Waals surface area contributed by atoms with Gasteiger partial charge in [0.1, 0.15) is 0 Å². The molecule has 2 fully saturated rings. The van der Waals surface area contributed by atoms with Crippen LogP contribution in [0.2, 0.25) is 0 Å². The summed E-state index contributed by atoms with van der Waals surface area (Å²) >= 11 is 0. The van der Waals surface area contributed by atoms with Crippen molar-refractivity contribution in [1.29, 1.82) is 0 Å². The third kappa shape index (κ3) is 4.20. The maximum atomic E-state index is 6.28. The van der Waals surface area contributed by atoms with Crippen molar-refractivity contribution < 1.29 is 4.74 Å². The normalized spacial score (nSPS) is 36.3. The van der Waals surface area contributed by atoms with Crippen molar-refractivity contribution in [2.24, 2.45) is 11.7 Å². The van der Waals surface area contributed by atoms with Crippen molar-refractivity contribution in [3.8, 4) is 0 Å². The summed E-state index contributed by atoms with van der Waals surface area (Å²) in [6.07, 6.45) is 9.21. The van der Waals surface area contributed by atoms with Gasteiger partial charge in [-0.3, -0.25) is 4.90 Å². The predicted octanol–water partition coefficient (Wildman–Crippen LogP) is 3.56. The zero-order valence-electron chi connectivity index (χ0n) is 14.7. The van der Waals surface area contributed by atoms with E-state index in [-0.39, 0.29) is 11.1 Å². The SMILES string of the molecule is CCCN(CC1CCC(C)(C)O1)C1(CN)CCCC(C)C1. The van der Waals surface area contributed by atoms with Gasteiger partial charge in [-0.2, -0.15) is 0 Å². The fourth-order valence-corrected chi connectivity index (χ4v) is 4.48. The Hall–Kier alpha value is -0.120. The summed E-state index contributed by atoms with van der Waals surface area (Å²) in [6, 6.07) is 0. The van der Waals surface area contributed by atoms with Crippen LogP contribution in [0.1, 0.15) is 72.6 Å². The second kappa shape index (κ2) is 6.97. The van der Waals surface area contributed by atoms with E-state index in [2.05, 4.69) is 32.6 Å². The van der Waals surface area contributed by atoms with Gasteiger partial charge in [0.15, 0.2) is 0 Å². The van der Waals surface area contributed by atoms with E-state index in [1.807, 2.05) is 0 Å². The Morgan fingerprint density at radius 3 is 2.52 bits per heavy atom. The van der Waals surface area contributed by atoms with Gasteiger partial charge in [0, 0.05) is 18.6 Å². The van der Waals surface area contributed by atoms with E-state index in [0.717, 1.165) is 25.6 Å². The molecular formula is C18H36N2O. The van der Waals surface area contributed by atoms with Crippen molar-refractivity contribution in [2.75, 3.05) is 19.6 Å². The fraction of sp³-hybridized carbons (Fsp3) is 1.00. The molecule has 0 bridgehead atoms. The molecule has 2 N–H and O–H groups in total. The number of hydrogen-bond donors (Lipinski definition) is 1. The van der Waals surface area contributed by atoms with Gasteiger partial charge in [-0.15, -0.1) is 0 Å². The lowest BCUT2D eigenvalue weighted by Crippen LogP contribution is -2.58. The van der Waals surface area contributed by atoms with Crippen LogP contribution in [0.25, 0.3) is 0 Å². The highest BCUT2D eigenvalue weighted by Crippen LogP contribution is 2.38. The topological polar surface area (TPSA) is 38.5 Å². The summed E-state index contributed by atoms with van der Waals surface area (Å²) in [6.45, 7) is 12.1. The highest BCUT2D eigenvalue weighted by atomic mass is 16.5. The molecule has 3 nitrogen and oxygen atoms in total. The Morgan fingerprint density at radius 1 is 1.24 bits per heavy atom. The lowest BCUT2D eigenvalue weighted by molar-refractivity contribution is -0.0539. The molecule has 0 aromatic heterocycles. The molecule has 2 aliphatic rings. The molecule has 2 rings (SSSR count). The van der Waals surface area contributed by atoms with Gasteiger partial charge in [-0.05, 0) is 58.4 Å². The molecule has 1 aliphatic carbocycles. The first-order chi connectivity index (χ1) is 9.91. The van der Waals surface area contributed by atoms with Gasteiger partial charge in [-0.25, -0.2) is 0 Å². The minimum Gasteiger partial charge on any atom is -0.371 e. The van der Waals surface area contributed by atoms with Crippen molar-refractivity contribution in [1.82, 2.24) is 4.90 Å². The van der Waals surface area contributed by atoms with Crippen LogP contribution in [0.3, 0.4) is 0 Å². The van der Waals surface area contributed by atoms with E-state index in [4.69, 9.17) is 10.5 Å². The van der Waals surface area contributed by atoms with Crippen molar-refractivity contribution in [3.05, 3.63) is 0 Å². The molecule has 3 unspecified atom stereocenters. The van der Waals surface area contributed by atoms with Gasteiger partial charge < -0.3 is 10.5 Å². The first kappa shape index (κ1) is 17.2. The molecule has 124 valence electrons. The number of ether oxygens (including phenoxy) is 1. The Kier molecular flexibility index (Phi) is 5.72. The van der Waals surface area contributed by atoms with Gasteiger partial charge >= 0.3 is 0 Å². The molecule has 0 aromatic rings. The van der Waals surface area contributed by atoms with Gasteiger partial charge in [-0.1, -0.05) is 26.7 Å². The predicted molar refractivity (Wildman–Crippen MR) is 89.5 cm³/mol. The second-order valence-electron chi connectivity index (χ2n) is 8.11. The largest absolute Gasteiger partial charge is 0.371 e. The summed E-state index contributed by atoms with van der Waals surface area (Å²) in [7, 11) is 0. The Bertz CT molecular complexity index is 331. The molecule has 0 amide bonds. The van der Waals surface area contributed by atoms with Crippen LogP contribution < -0.4 is 5.73 Å². The number of hydrogen-bond acceptors (Lipinski definition) is 3. The second-order valence-corrected chi connectivity index (χ2v) is 8.11. The minimum absolute atomic E-state index is 0.0677. The van der Waals surface area contributed by atoms with Crippen LogP contribution in [0.4, 0.5) is 0 Å². The Morgan fingerprint density at radius 2 is 2.00 bits per heavy atom. The van der Waals surface area contributed by atoms with Crippen LogP contribution in [0.15, 0.2) is 0 Å². The van der Waals surface area contributed by atoms with Gasteiger partial charge in [0.25, 0.3) is 0 Å². The summed E-state index contributed by atoms with van der Waals surface area (Å²) in [5.41, 5.74) is 6.57. The molecule has 1 saturated carbocycles. The maximum absolute atomic E-state index is 6.28. The lowest BCUT2D eigenvalue weighted by atomic mass is 9.75. The zero-order valence-corrected chi connectivity index (χ0v) is 14.7. The quantitative estimate of drug-likeness (QED) is 0.814. The summed E-state index contributed by atoms with van der Waals surface area (Å²) in [4.78, 5) is 2.69. The standard InChI is InChI=1S/C18H36N2O/c1-5-11-20(13-16-8-10-17(3,4)21-16)18(14-19)9-6-7-15(2)12-18/h15-16H,5-14,19H2,1-4H3. The fourth-order valence-electron chi connectivity index (χ4n) is 4.48. The molecule has 0 spiro atoms. The molecule has 3 atom stereocenters. The molecule has 1 saturated heterocycles. The highest BCUT2D eigenvalue weighted by molar-refractivity contribution is 4.97. The van der Waals surface area contributed by atoms with E-state index in [0.29, 0.717) is 6.10 Å². The van der Waals surface area contributed by atoms with E-state index in [1.54, 1.807) is 0 Å². The van der Waals surface area contributed by atoms with Gasteiger partial charge in [0.2, 0.25) is 0 Å². The number of nitrogens with two attached hydrogens (primary N) is 1. The molecule has 0 radical (unpaired) electrons. The van der Waals surface area contributed by atoms with Crippen LogP contribution in [-0.2, 0) is 4.74 Å². The van der Waals surface area contributed by atoms with E-state index in [1.165, 1.54) is 44.9 Å². The summed E-state index contributed by atoms with van der Waals surface area (Å²) < 4.78 is 6.25. The average Bonchev–Trinajstić information content (AvgIpc) is 2.77. The van der Waals surface area contributed by atoms with Gasteiger partial charge in [0.05, 0.1) is 11.7 Å². The van der Waals surface area contributed by atoms with Crippen molar-refractivity contribution >= 4 is 0 Å². The lowest BCUT2D eigenvalue weighted by Gasteiger charge is -2.48.